The molecule has 0 aliphatic carbocycles. The zero-order valence-corrected chi connectivity index (χ0v) is 25.2. The van der Waals surface area contributed by atoms with Gasteiger partial charge in [0.15, 0.2) is 11.5 Å². The molecule has 1 aliphatic rings. The summed E-state index contributed by atoms with van der Waals surface area (Å²) in [6, 6.07) is 7.31. The highest BCUT2D eigenvalue weighted by molar-refractivity contribution is 5.92. The lowest BCUT2D eigenvalue weighted by Gasteiger charge is -2.40. The third-order valence-corrected chi connectivity index (χ3v) is 7.82. The molecule has 1 aromatic carbocycles. The Hall–Kier alpha value is -4.67. The van der Waals surface area contributed by atoms with E-state index in [2.05, 4.69) is 16.5 Å². The Balaban J connectivity index is 1.85. The van der Waals surface area contributed by atoms with Gasteiger partial charge in [-0.1, -0.05) is 26.5 Å². The first kappa shape index (κ1) is 29.8. The zero-order valence-electron chi connectivity index (χ0n) is 25.2. The number of hydrogen-bond acceptors (Lipinski definition) is 7. The smallest absolute Gasteiger partial charge is 0.355 e. The van der Waals surface area contributed by atoms with Gasteiger partial charge < -0.3 is 14.7 Å². The molecule has 0 N–H and O–H groups in total. The standard InChI is InChI=1S/C32H35F2N7O2/c1-8-25(42)39-14-15-40(20(5)17-39)30-21-16-23(34)28(26-22(33)10-9-11-24(26)38(6)7)36-31(21)41(32(43)37-30)29-19(4)12-13-35-27(29)18(2)3/h8-13,16,18,20H,1,14-15,17H2,2-7H3/t20-/m0/s1. The van der Waals surface area contributed by atoms with Gasteiger partial charge in [0.25, 0.3) is 0 Å². The van der Waals surface area contributed by atoms with Crippen LogP contribution in [0.3, 0.4) is 0 Å². The Labute approximate surface area is 249 Å². The lowest BCUT2D eigenvalue weighted by atomic mass is 10.0. The summed E-state index contributed by atoms with van der Waals surface area (Å²) in [7, 11) is 3.47. The predicted molar refractivity (Wildman–Crippen MR) is 165 cm³/mol. The molecule has 0 unspecified atom stereocenters. The Morgan fingerprint density at radius 1 is 1.14 bits per heavy atom. The molecule has 0 radical (unpaired) electrons. The number of halogens is 2. The second kappa shape index (κ2) is 11.5. The van der Waals surface area contributed by atoms with Gasteiger partial charge in [-0.2, -0.15) is 4.98 Å². The number of anilines is 2. The molecule has 0 spiro atoms. The van der Waals surface area contributed by atoms with Gasteiger partial charge >= 0.3 is 5.69 Å². The van der Waals surface area contributed by atoms with Crippen LogP contribution in [0, 0.1) is 18.6 Å². The second-order valence-corrected chi connectivity index (χ2v) is 11.3. The minimum atomic E-state index is -0.755. The Kier molecular flexibility index (Phi) is 8.00. The van der Waals surface area contributed by atoms with E-state index in [1.54, 1.807) is 48.3 Å². The van der Waals surface area contributed by atoms with E-state index in [9.17, 15) is 9.59 Å². The van der Waals surface area contributed by atoms with Crippen molar-refractivity contribution in [1.82, 2.24) is 24.4 Å². The molecule has 43 heavy (non-hydrogen) atoms. The molecule has 1 amide bonds. The molecule has 9 nitrogen and oxygen atoms in total. The lowest BCUT2D eigenvalue weighted by molar-refractivity contribution is -0.126. The van der Waals surface area contributed by atoms with Crippen molar-refractivity contribution in [2.45, 2.75) is 39.7 Å². The molecule has 1 atom stereocenters. The van der Waals surface area contributed by atoms with Crippen LogP contribution in [-0.4, -0.2) is 70.1 Å². The fourth-order valence-electron chi connectivity index (χ4n) is 5.71. The van der Waals surface area contributed by atoms with Crippen LogP contribution in [0.15, 0.2) is 54.0 Å². The van der Waals surface area contributed by atoms with E-state index < -0.39 is 17.3 Å². The number of aryl methyl sites for hydroxylation is 1. The molecular formula is C32H35F2N7O2. The Morgan fingerprint density at radius 3 is 2.53 bits per heavy atom. The third-order valence-electron chi connectivity index (χ3n) is 7.82. The number of carbonyl (C=O) groups is 1. The number of pyridine rings is 2. The van der Waals surface area contributed by atoms with E-state index >= 15 is 8.78 Å². The SMILES string of the molecule is C=CC(=O)N1CCN(c2nc(=O)n(-c3c(C)ccnc3C(C)C)c3nc(-c4c(F)cccc4N(C)C)c(F)cc23)[C@@H](C)C1. The van der Waals surface area contributed by atoms with Gasteiger partial charge in [-0.15, -0.1) is 0 Å². The van der Waals surface area contributed by atoms with Crippen LogP contribution in [0.4, 0.5) is 20.3 Å². The number of nitrogens with zero attached hydrogens (tertiary/aromatic N) is 7. The van der Waals surface area contributed by atoms with E-state index in [-0.39, 0.29) is 46.0 Å². The van der Waals surface area contributed by atoms with Crippen LogP contribution in [0.2, 0.25) is 0 Å². The molecule has 3 aromatic heterocycles. The van der Waals surface area contributed by atoms with Crippen molar-refractivity contribution in [3.8, 4) is 16.9 Å². The van der Waals surface area contributed by atoms with E-state index in [1.807, 2.05) is 32.6 Å². The topological polar surface area (TPSA) is 87.5 Å². The van der Waals surface area contributed by atoms with E-state index in [4.69, 9.17) is 4.98 Å². The number of carbonyl (C=O) groups excluding carboxylic acids is 1. The summed E-state index contributed by atoms with van der Waals surface area (Å²) in [5.41, 5.74) is 1.63. The van der Waals surface area contributed by atoms with Gasteiger partial charge in [-0.05, 0) is 55.7 Å². The monoisotopic (exact) mass is 587 g/mol. The Morgan fingerprint density at radius 2 is 1.88 bits per heavy atom. The molecule has 4 heterocycles. The van der Waals surface area contributed by atoms with E-state index in [0.717, 1.165) is 5.56 Å². The molecule has 0 bridgehead atoms. The first-order valence-electron chi connectivity index (χ1n) is 14.2. The molecule has 4 aromatic rings. The summed E-state index contributed by atoms with van der Waals surface area (Å²) in [5.74, 6) is -1.39. The maximum absolute atomic E-state index is 16.2. The van der Waals surface area contributed by atoms with E-state index in [0.29, 0.717) is 36.7 Å². The van der Waals surface area contributed by atoms with Crippen molar-refractivity contribution in [1.29, 1.82) is 0 Å². The minimum Gasteiger partial charge on any atom is -0.377 e. The normalized spacial score (nSPS) is 15.3. The summed E-state index contributed by atoms with van der Waals surface area (Å²) >= 11 is 0. The van der Waals surface area contributed by atoms with Gasteiger partial charge in [-0.3, -0.25) is 9.78 Å². The van der Waals surface area contributed by atoms with Crippen LogP contribution in [0.5, 0.6) is 0 Å². The number of aromatic nitrogens is 4. The van der Waals surface area contributed by atoms with Gasteiger partial charge in [0, 0.05) is 51.7 Å². The lowest BCUT2D eigenvalue weighted by Crippen LogP contribution is -2.54. The van der Waals surface area contributed by atoms with Crippen LogP contribution >= 0.6 is 0 Å². The van der Waals surface area contributed by atoms with Crippen molar-refractivity contribution >= 4 is 28.4 Å². The number of piperazine rings is 1. The van der Waals surface area contributed by atoms with Gasteiger partial charge in [-0.25, -0.2) is 23.1 Å². The average molecular weight is 588 g/mol. The van der Waals surface area contributed by atoms with E-state index in [1.165, 1.54) is 22.8 Å². The van der Waals surface area contributed by atoms with Gasteiger partial charge in [0.2, 0.25) is 5.91 Å². The van der Waals surface area contributed by atoms with Gasteiger partial charge in [0.05, 0.1) is 22.3 Å². The molecule has 11 heteroatoms. The molecular weight excluding hydrogens is 552 g/mol. The van der Waals surface area contributed by atoms with Gasteiger partial charge in [0.1, 0.15) is 17.3 Å². The molecule has 0 saturated carbocycles. The second-order valence-electron chi connectivity index (χ2n) is 11.3. The highest BCUT2D eigenvalue weighted by atomic mass is 19.1. The summed E-state index contributed by atoms with van der Waals surface area (Å²) in [5, 5.41) is 0.289. The largest absolute Gasteiger partial charge is 0.377 e. The number of benzene rings is 1. The maximum Gasteiger partial charge on any atom is 0.355 e. The van der Waals surface area contributed by atoms with Crippen molar-refractivity contribution in [3.63, 3.8) is 0 Å². The zero-order chi connectivity index (χ0) is 31.2. The highest BCUT2D eigenvalue weighted by Gasteiger charge is 2.31. The van der Waals surface area contributed by atoms with Crippen LogP contribution < -0.4 is 15.5 Å². The number of hydrogen-bond donors (Lipinski definition) is 0. The fourth-order valence-corrected chi connectivity index (χ4v) is 5.71. The van der Waals surface area contributed by atoms with Crippen LogP contribution in [-0.2, 0) is 4.79 Å². The molecule has 224 valence electrons. The average Bonchev–Trinajstić information content (AvgIpc) is 2.96. The first-order valence-corrected chi connectivity index (χ1v) is 14.2. The van der Waals surface area contributed by atoms with Crippen LogP contribution in [0.25, 0.3) is 28.0 Å². The van der Waals surface area contributed by atoms with Crippen molar-refractivity contribution in [3.05, 3.63) is 82.6 Å². The van der Waals surface area contributed by atoms with Crippen molar-refractivity contribution in [2.75, 3.05) is 43.5 Å². The third kappa shape index (κ3) is 5.24. The minimum absolute atomic E-state index is 0.0128. The van der Waals surface area contributed by atoms with Crippen molar-refractivity contribution in [2.24, 2.45) is 0 Å². The summed E-state index contributed by atoms with van der Waals surface area (Å²) in [6.07, 6.45) is 2.95. The quantitative estimate of drug-likeness (QED) is 0.298. The number of amides is 1. The fraction of sp³-hybridized carbons (Fsp3) is 0.344. The molecule has 5 rings (SSSR count). The summed E-state index contributed by atoms with van der Waals surface area (Å²) < 4.78 is 32.9. The number of fused-ring (bicyclic) bond motifs is 1. The summed E-state index contributed by atoms with van der Waals surface area (Å²) in [4.78, 5) is 45.3. The Bertz CT molecular complexity index is 1800. The molecule has 1 aliphatic heterocycles. The first-order chi connectivity index (χ1) is 20.4. The number of rotatable bonds is 6. The predicted octanol–water partition coefficient (Wildman–Crippen LogP) is 4.84. The summed E-state index contributed by atoms with van der Waals surface area (Å²) in [6.45, 7) is 12.4. The molecule has 1 saturated heterocycles. The maximum atomic E-state index is 16.2. The molecule has 1 fully saturated rings. The van der Waals surface area contributed by atoms with Crippen LogP contribution in [0.1, 0.15) is 37.9 Å². The van der Waals surface area contributed by atoms with Crippen molar-refractivity contribution < 1.29 is 13.6 Å². The highest BCUT2D eigenvalue weighted by Crippen LogP contribution is 2.37.